The van der Waals surface area contributed by atoms with Crippen LogP contribution >= 0.6 is 7.60 Å². The Morgan fingerprint density at radius 2 is 1.57 bits per heavy atom. The Balaban J connectivity index is 2.18. The zero-order valence-electron chi connectivity index (χ0n) is 20.2. The van der Waals surface area contributed by atoms with Crippen LogP contribution < -0.4 is 5.73 Å². The van der Waals surface area contributed by atoms with Gasteiger partial charge in [0.25, 0.3) is 0 Å². The van der Waals surface area contributed by atoms with Crippen molar-refractivity contribution in [2.45, 2.75) is 6.10 Å². The highest BCUT2D eigenvalue weighted by atomic mass is 31.2. The lowest BCUT2D eigenvalue weighted by atomic mass is 10.1. The van der Waals surface area contributed by atoms with Crippen LogP contribution in [0.1, 0.15) is 11.7 Å². The first kappa shape index (κ1) is 29.3. The molecule has 35 heavy (non-hydrogen) atoms. The Hall–Kier alpha value is -1.89. The van der Waals surface area contributed by atoms with Crippen molar-refractivity contribution < 1.29 is 33.8 Å². The number of nitrogens with zero attached hydrogens (tertiary/aromatic N) is 4. The summed E-state index contributed by atoms with van der Waals surface area (Å²) in [5.74, 6) is -0.403. The number of esters is 1. The second kappa shape index (κ2) is 14.6. The van der Waals surface area contributed by atoms with E-state index in [-0.39, 0.29) is 13.1 Å². The molecule has 1 aromatic carbocycles. The minimum atomic E-state index is -4.28. The molecule has 0 amide bonds. The quantitative estimate of drug-likeness (QED) is 0.138. The number of aliphatic hydroxyl groups excluding tert-OH is 1. The van der Waals surface area contributed by atoms with Gasteiger partial charge in [0.15, 0.2) is 0 Å². The predicted octanol–water partition coefficient (Wildman–Crippen LogP) is -0.969. The van der Waals surface area contributed by atoms with E-state index in [1.54, 1.807) is 23.1 Å². The number of β-amino-alcohol motifs (C(OH)–C–C–N with tert-alkyl or cyclic N) is 1. The SMILES string of the molecule is COC(=O)CN1CCN(CC(O)c2ccccc2N)CCN(CC=O)CCN(CP(=O)(O)O)CC1. The number of aldehydes is 1. The topological polar surface area (TPSA) is 160 Å². The zero-order valence-corrected chi connectivity index (χ0v) is 21.1. The number of aliphatic hydroxyl groups is 1. The predicted molar refractivity (Wildman–Crippen MR) is 132 cm³/mol. The second-order valence-corrected chi connectivity index (χ2v) is 10.3. The van der Waals surface area contributed by atoms with Gasteiger partial charge in [0.2, 0.25) is 0 Å². The van der Waals surface area contributed by atoms with Crippen LogP contribution in [-0.4, -0.2) is 132 Å². The third kappa shape index (κ3) is 11.1. The highest BCUT2D eigenvalue weighted by Crippen LogP contribution is 2.34. The molecule has 0 radical (unpaired) electrons. The Kier molecular flexibility index (Phi) is 12.3. The van der Waals surface area contributed by atoms with E-state index in [0.29, 0.717) is 70.2 Å². The minimum absolute atomic E-state index is 0.0412. The molecule has 0 aliphatic carbocycles. The molecule has 2 rings (SSSR count). The molecule has 198 valence electrons. The molecule has 0 spiro atoms. The molecule has 0 bridgehead atoms. The zero-order chi connectivity index (χ0) is 25.8. The van der Waals surface area contributed by atoms with E-state index in [4.69, 9.17) is 10.5 Å². The van der Waals surface area contributed by atoms with Gasteiger partial charge in [0, 0.05) is 70.2 Å². The number of anilines is 1. The highest BCUT2D eigenvalue weighted by Gasteiger charge is 2.24. The molecule has 0 saturated carbocycles. The molecule has 1 heterocycles. The van der Waals surface area contributed by atoms with E-state index in [0.717, 1.165) is 6.29 Å². The highest BCUT2D eigenvalue weighted by molar-refractivity contribution is 7.51. The smallest absolute Gasteiger partial charge is 0.339 e. The standard InChI is InChI=1S/C22H38N5O7P/c1-34-22(30)17-26-10-9-25(16-21(29)19-4-2-3-5-20(19)23)8-6-24(14-15-28)7-12-27(13-11-26)18-35(31,32)33/h2-5,15,21,29H,6-14,16-18,23H2,1H3,(H2,31,32,33). The van der Waals surface area contributed by atoms with Crippen molar-refractivity contribution >= 4 is 25.5 Å². The van der Waals surface area contributed by atoms with E-state index in [1.165, 1.54) is 7.11 Å². The number of hydrogen-bond acceptors (Lipinski definition) is 10. The van der Waals surface area contributed by atoms with Gasteiger partial charge in [0.1, 0.15) is 12.6 Å². The second-order valence-electron chi connectivity index (χ2n) is 8.69. The Morgan fingerprint density at radius 3 is 2.11 bits per heavy atom. The summed E-state index contributed by atoms with van der Waals surface area (Å²) in [7, 11) is -2.97. The average molecular weight is 516 g/mol. The number of nitrogens with two attached hydrogens (primary N) is 1. The lowest BCUT2D eigenvalue weighted by molar-refractivity contribution is -0.142. The maximum atomic E-state index is 12.0. The summed E-state index contributed by atoms with van der Waals surface area (Å²) in [5, 5.41) is 10.8. The van der Waals surface area contributed by atoms with Crippen molar-refractivity contribution in [2.24, 2.45) is 0 Å². The Morgan fingerprint density at radius 1 is 1.03 bits per heavy atom. The van der Waals surface area contributed by atoms with Gasteiger partial charge >= 0.3 is 13.6 Å². The van der Waals surface area contributed by atoms with Gasteiger partial charge in [-0.05, 0) is 6.07 Å². The summed E-state index contributed by atoms with van der Waals surface area (Å²) in [6.07, 6.45) is -0.400. The third-order valence-electron chi connectivity index (χ3n) is 6.01. The number of ether oxygens (including phenoxy) is 1. The van der Waals surface area contributed by atoms with Crippen molar-refractivity contribution in [3.63, 3.8) is 0 Å². The van der Waals surface area contributed by atoms with Crippen molar-refractivity contribution in [3.05, 3.63) is 29.8 Å². The molecule has 12 nitrogen and oxygen atoms in total. The summed E-state index contributed by atoms with van der Waals surface area (Å²) in [4.78, 5) is 49.6. The summed E-state index contributed by atoms with van der Waals surface area (Å²) in [6.45, 7) is 4.15. The number of benzene rings is 1. The first-order valence-corrected chi connectivity index (χ1v) is 13.4. The van der Waals surface area contributed by atoms with Crippen LogP contribution in [0.5, 0.6) is 0 Å². The number of methoxy groups -OCH3 is 1. The lowest BCUT2D eigenvalue weighted by Crippen LogP contribution is -2.48. The third-order valence-corrected chi connectivity index (χ3v) is 6.78. The van der Waals surface area contributed by atoms with Crippen molar-refractivity contribution in [1.82, 2.24) is 19.6 Å². The number of carbonyl (C=O) groups is 2. The normalized spacial score (nSPS) is 19.4. The van der Waals surface area contributed by atoms with Gasteiger partial charge < -0.3 is 30.2 Å². The first-order chi connectivity index (χ1) is 16.6. The number of carbonyl (C=O) groups excluding carboxylic acids is 2. The molecule has 1 saturated heterocycles. The van der Waals surface area contributed by atoms with Crippen LogP contribution in [0.4, 0.5) is 5.69 Å². The van der Waals surface area contributed by atoms with Gasteiger partial charge in [-0.2, -0.15) is 0 Å². The number of nitrogen functional groups attached to an aromatic ring is 1. The molecule has 1 fully saturated rings. The molecular formula is C22H38N5O7P. The van der Waals surface area contributed by atoms with E-state index >= 15 is 0 Å². The average Bonchev–Trinajstić information content (AvgIpc) is 2.79. The van der Waals surface area contributed by atoms with Gasteiger partial charge in [0.05, 0.1) is 26.3 Å². The van der Waals surface area contributed by atoms with Gasteiger partial charge in [-0.3, -0.25) is 29.0 Å². The van der Waals surface area contributed by atoms with Crippen molar-refractivity contribution in [2.75, 3.05) is 91.1 Å². The first-order valence-electron chi connectivity index (χ1n) is 11.6. The molecule has 1 aliphatic rings. The van der Waals surface area contributed by atoms with E-state index in [9.17, 15) is 29.0 Å². The molecular weight excluding hydrogens is 477 g/mol. The maximum Gasteiger partial charge on any atom is 0.339 e. The Bertz CT molecular complexity index is 855. The van der Waals surface area contributed by atoms with Crippen LogP contribution in [0.3, 0.4) is 0 Å². The van der Waals surface area contributed by atoms with E-state index in [1.807, 2.05) is 15.9 Å². The van der Waals surface area contributed by atoms with Crippen LogP contribution in [0.25, 0.3) is 0 Å². The molecule has 1 aromatic rings. The van der Waals surface area contributed by atoms with E-state index < -0.39 is 26.0 Å². The molecule has 1 atom stereocenters. The summed E-state index contributed by atoms with van der Waals surface area (Å²) in [6, 6.07) is 7.15. The maximum absolute atomic E-state index is 12.0. The van der Waals surface area contributed by atoms with Crippen LogP contribution in [0, 0.1) is 0 Å². The monoisotopic (exact) mass is 515 g/mol. The molecule has 1 unspecified atom stereocenters. The number of hydrogen-bond donors (Lipinski definition) is 4. The number of rotatable bonds is 9. The van der Waals surface area contributed by atoms with Gasteiger partial charge in [-0.25, -0.2) is 0 Å². The summed E-state index contributed by atoms with van der Waals surface area (Å²) in [5.41, 5.74) is 7.18. The fourth-order valence-electron chi connectivity index (χ4n) is 4.01. The van der Waals surface area contributed by atoms with E-state index in [2.05, 4.69) is 4.90 Å². The molecule has 1 aliphatic heterocycles. The van der Waals surface area contributed by atoms with Crippen molar-refractivity contribution in [3.8, 4) is 0 Å². The molecule has 13 heteroatoms. The molecule has 5 N–H and O–H groups in total. The Labute approximate surface area is 206 Å². The fraction of sp³-hybridized carbons (Fsp3) is 0.636. The minimum Gasteiger partial charge on any atom is -0.468 e. The fourth-order valence-corrected chi connectivity index (χ4v) is 4.82. The van der Waals surface area contributed by atoms with Gasteiger partial charge in [-0.1, -0.05) is 18.2 Å². The number of para-hydroxylation sites is 1. The van der Waals surface area contributed by atoms with Crippen LogP contribution in [0.2, 0.25) is 0 Å². The largest absolute Gasteiger partial charge is 0.468 e. The lowest BCUT2D eigenvalue weighted by Gasteiger charge is -2.34. The summed E-state index contributed by atoms with van der Waals surface area (Å²) >= 11 is 0. The van der Waals surface area contributed by atoms with Gasteiger partial charge in [-0.15, -0.1) is 0 Å². The summed E-state index contributed by atoms with van der Waals surface area (Å²) < 4.78 is 16.4. The van der Waals surface area contributed by atoms with Crippen LogP contribution in [-0.2, 0) is 18.9 Å². The molecule has 0 aromatic heterocycles. The van der Waals surface area contributed by atoms with Crippen molar-refractivity contribution in [1.29, 1.82) is 0 Å². The van der Waals surface area contributed by atoms with Crippen LogP contribution in [0.15, 0.2) is 24.3 Å².